The van der Waals surface area contributed by atoms with Gasteiger partial charge in [-0.3, -0.25) is 4.79 Å². The molecule has 0 saturated heterocycles. The molecule has 0 saturated carbocycles. The number of pyridine rings is 1. The monoisotopic (exact) mass is 296 g/mol. The summed E-state index contributed by atoms with van der Waals surface area (Å²) in [7, 11) is 0. The van der Waals surface area contributed by atoms with Crippen LogP contribution in [0.2, 0.25) is 0 Å². The third kappa shape index (κ3) is 2.81. The van der Waals surface area contributed by atoms with Gasteiger partial charge in [0.2, 0.25) is 0 Å². The smallest absolute Gasteiger partial charge is 0.255 e. The molecule has 1 N–H and O–H groups in total. The van der Waals surface area contributed by atoms with E-state index in [4.69, 9.17) is 0 Å². The molecule has 0 aliphatic carbocycles. The molecule has 0 spiro atoms. The highest BCUT2D eigenvalue weighted by molar-refractivity contribution is 7.19. The number of fused-ring (bicyclic) bond motifs is 1. The van der Waals surface area contributed by atoms with Gasteiger partial charge in [-0.15, -0.1) is 11.3 Å². The summed E-state index contributed by atoms with van der Waals surface area (Å²) < 4.78 is 1.16. The Morgan fingerprint density at radius 3 is 2.86 bits per heavy atom. The number of nitrogens with zero attached hydrogens (tertiary/aromatic N) is 1. The fourth-order valence-electron chi connectivity index (χ4n) is 2.30. The van der Waals surface area contributed by atoms with Crippen LogP contribution in [-0.4, -0.2) is 9.97 Å². The number of thiazole rings is 1. The second-order valence-corrected chi connectivity index (χ2v) is 5.97. The van der Waals surface area contributed by atoms with Crippen molar-refractivity contribution in [2.24, 2.45) is 0 Å². The molecule has 0 unspecified atom stereocenters. The first-order chi connectivity index (χ1) is 10.2. The minimum absolute atomic E-state index is 0.0536. The lowest BCUT2D eigenvalue weighted by atomic mass is 10.1. The molecule has 0 aliphatic heterocycles. The van der Waals surface area contributed by atoms with E-state index in [2.05, 4.69) is 23.0 Å². The quantitative estimate of drug-likeness (QED) is 0.793. The second-order valence-electron chi connectivity index (χ2n) is 4.91. The molecule has 0 fully saturated rings. The molecule has 4 heteroatoms. The molecular weight excluding hydrogens is 280 g/mol. The van der Waals surface area contributed by atoms with Crippen LogP contribution in [0.5, 0.6) is 0 Å². The van der Waals surface area contributed by atoms with E-state index in [-0.39, 0.29) is 5.56 Å². The molecule has 0 radical (unpaired) electrons. The number of aryl methyl sites for hydroxylation is 2. The predicted molar refractivity (Wildman–Crippen MR) is 89.7 cm³/mol. The van der Waals surface area contributed by atoms with Crippen LogP contribution in [0.3, 0.4) is 0 Å². The molecule has 106 valence electrons. The summed E-state index contributed by atoms with van der Waals surface area (Å²) in [6, 6.07) is 9.99. The van der Waals surface area contributed by atoms with Crippen LogP contribution in [0.1, 0.15) is 28.8 Å². The molecule has 0 bridgehead atoms. The van der Waals surface area contributed by atoms with Crippen LogP contribution in [-0.2, 0) is 6.42 Å². The third-order valence-corrected chi connectivity index (χ3v) is 4.47. The zero-order valence-electron chi connectivity index (χ0n) is 12.0. The standard InChI is InChI=1S/C17H16N2OS/c1-3-12-10-13(17(20)18-11(12)2)8-9-16-19-14-6-4-5-7-15(14)21-16/h4-10H,3H2,1-2H3,(H,18,20)/b9-8+. The van der Waals surface area contributed by atoms with E-state index in [1.807, 2.05) is 43.3 Å². The Morgan fingerprint density at radius 1 is 1.29 bits per heavy atom. The Balaban J connectivity index is 1.97. The lowest BCUT2D eigenvalue weighted by Gasteiger charge is -2.03. The summed E-state index contributed by atoms with van der Waals surface area (Å²) in [5.41, 5.74) is 3.73. The highest BCUT2D eigenvalue weighted by Gasteiger charge is 2.03. The lowest BCUT2D eigenvalue weighted by molar-refractivity contribution is 1.02. The van der Waals surface area contributed by atoms with Crippen molar-refractivity contribution in [2.45, 2.75) is 20.3 Å². The van der Waals surface area contributed by atoms with Crippen molar-refractivity contribution in [1.82, 2.24) is 9.97 Å². The van der Waals surface area contributed by atoms with Gasteiger partial charge in [-0.1, -0.05) is 19.1 Å². The highest BCUT2D eigenvalue weighted by Crippen LogP contribution is 2.22. The maximum Gasteiger partial charge on any atom is 0.255 e. The number of benzene rings is 1. The van der Waals surface area contributed by atoms with Crippen LogP contribution >= 0.6 is 11.3 Å². The fraction of sp³-hybridized carbons (Fsp3) is 0.176. The summed E-state index contributed by atoms with van der Waals surface area (Å²) in [6.45, 7) is 4.02. The van der Waals surface area contributed by atoms with Gasteiger partial charge >= 0.3 is 0 Å². The van der Waals surface area contributed by atoms with Gasteiger partial charge in [-0.25, -0.2) is 4.98 Å². The van der Waals surface area contributed by atoms with E-state index >= 15 is 0 Å². The van der Waals surface area contributed by atoms with E-state index in [9.17, 15) is 4.79 Å². The van der Waals surface area contributed by atoms with E-state index < -0.39 is 0 Å². The SMILES string of the molecule is CCc1cc(/C=C/c2nc3ccccc3s2)c(=O)[nH]c1C. The fourth-order valence-corrected chi connectivity index (χ4v) is 3.17. The van der Waals surface area contributed by atoms with Gasteiger partial charge in [-0.2, -0.15) is 0 Å². The van der Waals surface area contributed by atoms with Crippen LogP contribution in [0.25, 0.3) is 22.4 Å². The molecular formula is C17H16N2OS. The van der Waals surface area contributed by atoms with Gasteiger partial charge in [0.05, 0.1) is 10.2 Å². The highest BCUT2D eigenvalue weighted by atomic mass is 32.1. The average molecular weight is 296 g/mol. The molecule has 0 aliphatic rings. The predicted octanol–water partition coefficient (Wildman–Crippen LogP) is 4.03. The Bertz CT molecular complexity index is 841. The van der Waals surface area contributed by atoms with E-state index in [0.29, 0.717) is 5.56 Å². The van der Waals surface area contributed by atoms with Gasteiger partial charge in [0.15, 0.2) is 0 Å². The van der Waals surface area contributed by atoms with Gasteiger partial charge in [-0.05, 0) is 49.3 Å². The van der Waals surface area contributed by atoms with Gasteiger partial charge in [0.25, 0.3) is 5.56 Å². The number of hydrogen-bond acceptors (Lipinski definition) is 3. The molecule has 2 heterocycles. The van der Waals surface area contributed by atoms with Crippen molar-refractivity contribution in [1.29, 1.82) is 0 Å². The number of aromatic nitrogens is 2. The average Bonchev–Trinajstić information content (AvgIpc) is 2.89. The maximum atomic E-state index is 12.0. The topological polar surface area (TPSA) is 45.8 Å². The van der Waals surface area contributed by atoms with Crippen LogP contribution < -0.4 is 5.56 Å². The first kappa shape index (κ1) is 13.8. The summed E-state index contributed by atoms with van der Waals surface area (Å²) in [5, 5.41) is 0.911. The van der Waals surface area contributed by atoms with E-state index in [1.165, 1.54) is 5.56 Å². The number of nitrogens with one attached hydrogen (secondary N) is 1. The molecule has 1 aromatic carbocycles. The number of H-pyrrole nitrogens is 1. The van der Waals surface area contributed by atoms with Crippen LogP contribution in [0, 0.1) is 6.92 Å². The lowest BCUT2D eigenvalue weighted by Crippen LogP contribution is -2.12. The first-order valence-corrected chi connectivity index (χ1v) is 7.75. The van der Waals surface area contributed by atoms with E-state index in [1.54, 1.807) is 11.3 Å². The Kier molecular flexibility index (Phi) is 3.71. The van der Waals surface area contributed by atoms with Crippen LogP contribution in [0.4, 0.5) is 0 Å². The first-order valence-electron chi connectivity index (χ1n) is 6.94. The number of hydrogen-bond donors (Lipinski definition) is 1. The number of rotatable bonds is 3. The molecule has 21 heavy (non-hydrogen) atoms. The minimum atomic E-state index is -0.0536. The zero-order valence-corrected chi connectivity index (χ0v) is 12.8. The van der Waals surface area contributed by atoms with Crippen molar-refractivity contribution in [3.63, 3.8) is 0 Å². The molecule has 0 amide bonds. The summed E-state index contributed by atoms with van der Waals surface area (Å²) >= 11 is 1.63. The summed E-state index contributed by atoms with van der Waals surface area (Å²) in [5.74, 6) is 0. The van der Waals surface area contributed by atoms with Crippen LogP contribution in [0.15, 0.2) is 35.1 Å². The van der Waals surface area contributed by atoms with Crippen molar-refractivity contribution in [2.75, 3.05) is 0 Å². The molecule has 3 nitrogen and oxygen atoms in total. The largest absolute Gasteiger partial charge is 0.326 e. The van der Waals surface area contributed by atoms with E-state index in [0.717, 1.165) is 27.3 Å². The molecule has 0 atom stereocenters. The molecule has 3 aromatic rings. The Hall–Kier alpha value is -2.20. The van der Waals surface area contributed by atoms with Gasteiger partial charge in [0, 0.05) is 11.3 Å². The number of para-hydroxylation sites is 1. The maximum absolute atomic E-state index is 12.0. The Morgan fingerprint density at radius 2 is 2.10 bits per heavy atom. The van der Waals surface area contributed by atoms with Crippen molar-refractivity contribution < 1.29 is 0 Å². The summed E-state index contributed by atoms with van der Waals surface area (Å²) in [4.78, 5) is 19.4. The normalized spacial score (nSPS) is 11.5. The van der Waals surface area contributed by atoms with Crippen molar-refractivity contribution in [3.05, 3.63) is 62.5 Å². The zero-order chi connectivity index (χ0) is 14.8. The van der Waals surface area contributed by atoms with Gasteiger partial charge in [0.1, 0.15) is 5.01 Å². The summed E-state index contributed by atoms with van der Waals surface area (Å²) in [6.07, 6.45) is 4.66. The third-order valence-electron chi connectivity index (χ3n) is 3.47. The molecule has 2 aromatic heterocycles. The van der Waals surface area contributed by atoms with Crippen molar-refractivity contribution in [3.8, 4) is 0 Å². The number of aromatic amines is 1. The second kappa shape index (κ2) is 5.66. The van der Waals surface area contributed by atoms with Gasteiger partial charge < -0.3 is 4.98 Å². The Labute approximate surface area is 127 Å². The van der Waals surface area contributed by atoms with Crippen molar-refractivity contribution >= 4 is 33.7 Å². The molecule has 3 rings (SSSR count). The minimum Gasteiger partial charge on any atom is -0.326 e.